The molecule has 0 aliphatic rings. The molecule has 0 aliphatic carbocycles. The minimum atomic E-state index is -0.843. The molecule has 2 N–H and O–H groups in total. The van der Waals surface area contributed by atoms with Crippen molar-refractivity contribution in [3.63, 3.8) is 0 Å². The number of hydrogen-bond donors (Lipinski definition) is 1. The molecule has 0 saturated carbocycles. The lowest BCUT2D eigenvalue weighted by molar-refractivity contribution is 0.583. The number of nitrogens with zero attached hydrogens (tertiary/aromatic N) is 1. The van der Waals surface area contributed by atoms with Crippen LogP contribution < -0.4 is 5.73 Å². The Morgan fingerprint density at radius 2 is 2.00 bits per heavy atom. The van der Waals surface area contributed by atoms with Crippen LogP contribution in [-0.2, 0) is 0 Å². The molecular formula is C12H9ClF2N2. The van der Waals surface area contributed by atoms with Crippen LogP contribution in [0.15, 0.2) is 36.5 Å². The van der Waals surface area contributed by atoms with Crippen molar-refractivity contribution >= 4 is 11.6 Å². The van der Waals surface area contributed by atoms with Gasteiger partial charge in [0.15, 0.2) is 0 Å². The Labute approximate surface area is 102 Å². The molecule has 1 atom stereocenters. The van der Waals surface area contributed by atoms with E-state index in [-0.39, 0.29) is 10.7 Å². The number of rotatable bonds is 2. The van der Waals surface area contributed by atoms with Crippen molar-refractivity contribution in [3.8, 4) is 0 Å². The number of hydrogen-bond acceptors (Lipinski definition) is 2. The van der Waals surface area contributed by atoms with Gasteiger partial charge in [-0.1, -0.05) is 11.6 Å². The van der Waals surface area contributed by atoms with E-state index in [0.29, 0.717) is 5.56 Å². The Balaban J connectivity index is 2.43. The van der Waals surface area contributed by atoms with Crippen molar-refractivity contribution in [2.45, 2.75) is 6.04 Å². The van der Waals surface area contributed by atoms with Gasteiger partial charge in [-0.2, -0.15) is 0 Å². The summed E-state index contributed by atoms with van der Waals surface area (Å²) in [6.07, 6.45) is 1.43. The molecule has 1 unspecified atom stereocenters. The molecule has 0 amide bonds. The standard InChI is InChI=1S/C12H9ClF2N2/c13-8-4-7(5-9(14)6-8)11(16)12-10(15)2-1-3-17-12/h1-6,11H,16H2. The molecule has 1 aromatic carbocycles. The van der Waals surface area contributed by atoms with Gasteiger partial charge in [-0.3, -0.25) is 4.98 Å². The lowest BCUT2D eigenvalue weighted by Gasteiger charge is -2.12. The van der Waals surface area contributed by atoms with E-state index < -0.39 is 17.7 Å². The lowest BCUT2D eigenvalue weighted by Crippen LogP contribution is -2.15. The Bertz CT molecular complexity index is 526. The number of pyridine rings is 1. The van der Waals surface area contributed by atoms with Gasteiger partial charge in [0, 0.05) is 11.2 Å². The van der Waals surface area contributed by atoms with Crippen molar-refractivity contribution in [3.05, 3.63) is 64.4 Å². The summed E-state index contributed by atoms with van der Waals surface area (Å²) < 4.78 is 26.6. The third kappa shape index (κ3) is 2.60. The van der Waals surface area contributed by atoms with Gasteiger partial charge in [0.1, 0.15) is 11.6 Å². The van der Waals surface area contributed by atoms with Crippen molar-refractivity contribution in [2.75, 3.05) is 0 Å². The molecule has 5 heteroatoms. The first-order valence-electron chi connectivity index (χ1n) is 4.90. The first kappa shape index (κ1) is 12.0. The van der Waals surface area contributed by atoms with E-state index in [0.717, 1.165) is 6.07 Å². The van der Waals surface area contributed by atoms with E-state index in [4.69, 9.17) is 17.3 Å². The van der Waals surface area contributed by atoms with Crippen molar-refractivity contribution < 1.29 is 8.78 Å². The van der Waals surface area contributed by atoms with E-state index in [2.05, 4.69) is 4.98 Å². The highest BCUT2D eigenvalue weighted by Crippen LogP contribution is 2.23. The highest BCUT2D eigenvalue weighted by atomic mass is 35.5. The zero-order chi connectivity index (χ0) is 12.4. The smallest absolute Gasteiger partial charge is 0.146 e. The second kappa shape index (κ2) is 4.77. The molecule has 17 heavy (non-hydrogen) atoms. The topological polar surface area (TPSA) is 38.9 Å². The molecule has 1 aromatic heterocycles. The predicted molar refractivity (Wildman–Crippen MR) is 61.6 cm³/mol. The Hall–Kier alpha value is -1.52. The summed E-state index contributed by atoms with van der Waals surface area (Å²) in [6.45, 7) is 0. The average molecular weight is 255 g/mol. The first-order valence-corrected chi connectivity index (χ1v) is 5.27. The fraction of sp³-hybridized carbons (Fsp3) is 0.0833. The number of nitrogens with two attached hydrogens (primary N) is 1. The number of aromatic nitrogens is 1. The zero-order valence-electron chi connectivity index (χ0n) is 8.70. The Morgan fingerprint density at radius 1 is 1.24 bits per heavy atom. The van der Waals surface area contributed by atoms with Gasteiger partial charge in [0.05, 0.1) is 11.7 Å². The summed E-state index contributed by atoms with van der Waals surface area (Å²) in [4.78, 5) is 3.85. The minimum absolute atomic E-state index is 0.0640. The normalized spacial score (nSPS) is 12.5. The highest BCUT2D eigenvalue weighted by molar-refractivity contribution is 6.30. The zero-order valence-corrected chi connectivity index (χ0v) is 9.46. The van der Waals surface area contributed by atoms with Gasteiger partial charge in [0.2, 0.25) is 0 Å². The van der Waals surface area contributed by atoms with E-state index in [1.54, 1.807) is 0 Å². The monoisotopic (exact) mass is 254 g/mol. The minimum Gasteiger partial charge on any atom is -0.319 e. The summed E-state index contributed by atoms with van der Waals surface area (Å²) >= 11 is 5.71. The van der Waals surface area contributed by atoms with Gasteiger partial charge < -0.3 is 5.73 Å². The molecule has 0 spiro atoms. The van der Waals surface area contributed by atoms with Crippen LogP contribution in [0.3, 0.4) is 0 Å². The maximum absolute atomic E-state index is 13.5. The molecule has 2 aromatic rings. The SMILES string of the molecule is NC(c1cc(F)cc(Cl)c1)c1ncccc1F. The van der Waals surface area contributed by atoms with Crippen LogP contribution in [0.1, 0.15) is 17.3 Å². The maximum Gasteiger partial charge on any atom is 0.146 e. The summed E-state index contributed by atoms with van der Waals surface area (Å²) in [5.74, 6) is -1.04. The summed E-state index contributed by atoms with van der Waals surface area (Å²) in [7, 11) is 0. The van der Waals surface area contributed by atoms with Gasteiger partial charge in [-0.15, -0.1) is 0 Å². The first-order chi connectivity index (χ1) is 8.08. The Kier molecular flexibility index (Phi) is 3.36. The fourth-order valence-electron chi connectivity index (χ4n) is 1.54. The molecule has 0 fully saturated rings. The highest BCUT2D eigenvalue weighted by Gasteiger charge is 2.15. The molecule has 2 nitrogen and oxygen atoms in total. The molecule has 2 rings (SSSR count). The van der Waals surface area contributed by atoms with Crippen molar-refractivity contribution in [1.82, 2.24) is 4.98 Å². The lowest BCUT2D eigenvalue weighted by atomic mass is 10.0. The fourth-order valence-corrected chi connectivity index (χ4v) is 1.77. The summed E-state index contributed by atoms with van der Waals surface area (Å²) in [6, 6.07) is 5.73. The predicted octanol–water partition coefficient (Wildman–Crippen LogP) is 3.06. The third-order valence-corrected chi connectivity index (χ3v) is 2.54. The van der Waals surface area contributed by atoms with Crippen LogP contribution in [0.4, 0.5) is 8.78 Å². The van der Waals surface area contributed by atoms with E-state index >= 15 is 0 Å². The van der Waals surface area contributed by atoms with Crippen LogP contribution in [-0.4, -0.2) is 4.98 Å². The Morgan fingerprint density at radius 3 is 2.65 bits per heavy atom. The molecule has 88 valence electrons. The van der Waals surface area contributed by atoms with Crippen LogP contribution in [0.25, 0.3) is 0 Å². The summed E-state index contributed by atoms with van der Waals surface area (Å²) in [5.41, 5.74) is 6.27. The van der Waals surface area contributed by atoms with Gasteiger partial charge in [-0.05, 0) is 35.9 Å². The average Bonchev–Trinajstić information content (AvgIpc) is 2.27. The van der Waals surface area contributed by atoms with Crippen LogP contribution >= 0.6 is 11.6 Å². The van der Waals surface area contributed by atoms with Crippen molar-refractivity contribution in [2.24, 2.45) is 5.73 Å². The number of halogens is 3. The van der Waals surface area contributed by atoms with Crippen LogP contribution in [0, 0.1) is 11.6 Å². The van der Waals surface area contributed by atoms with Gasteiger partial charge in [0.25, 0.3) is 0 Å². The second-order valence-corrected chi connectivity index (χ2v) is 3.99. The van der Waals surface area contributed by atoms with Crippen molar-refractivity contribution in [1.29, 1.82) is 0 Å². The molecule has 1 heterocycles. The van der Waals surface area contributed by atoms with Gasteiger partial charge >= 0.3 is 0 Å². The van der Waals surface area contributed by atoms with Crippen LogP contribution in [0.2, 0.25) is 5.02 Å². The van der Waals surface area contributed by atoms with E-state index in [1.807, 2.05) is 0 Å². The van der Waals surface area contributed by atoms with Crippen LogP contribution in [0.5, 0.6) is 0 Å². The summed E-state index contributed by atoms with van der Waals surface area (Å²) in [5, 5.41) is 0.215. The third-order valence-electron chi connectivity index (χ3n) is 2.33. The molecular weight excluding hydrogens is 246 g/mol. The number of benzene rings is 1. The van der Waals surface area contributed by atoms with Gasteiger partial charge in [-0.25, -0.2) is 8.78 Å². The molecule has 0 radical (unpaired) electrons. The molecule has 0 bridgehead atoms. The molecule has 0 saturated heterocycles. The maximum atomic E-state index is 13.5. The quantitative estimate of drug-likeness (QED) is 0.895. The largest absolute Gasteiger partial charge is 0.319 e. The second-order valence-electron chi connectivity index (χ2n) is 3.55. The van der Waals surface area contributed by atoms with E-state index in [1.165, 1.54) is 30.5 Å². The molecule has 0 aliphatic heterocycles. The van der Waals surface area contributed by atoms with E-state index in [9.17, 15) is 8.78 Å².